The van der Waals surface area contributed by atoms with Crippen molar-refractivity contribution in [1.29, 1.82) is 0 Å². The highest BCUT2D eigenvalue weighted by Crippen LogP contribution is 2.23. The second-order valence-corrected chi connectivity index (χ2v) is 6.46. The van der Waals surface area contributed by atoms with Crippen molar-refractivity contribution in [3.8, 4) is 0 Å². The van der Waals surface area contributed by atoms with Crippen molar-refractivity contribution < 1.29 is 13.5 Å². The first kappa shape index (κ1) is 14.7. The molecule has 0 aromatic heterocycles. The number of hydrogen-bond acceptors (Lipinski definition) is 3. The Morgan fingerprint density at radius 1 is 1.00 bits per heavy atom. The highest BCUT2D eigenvalue weighted by molar-refractivity contribution is 7.89. The Bertz CT molecular complexity index is 656. The van der Waals surface area contributed by atoms with E-state index < -0.39 is 15.6 Å². The molecule has 2 aromatic carbocycles. The summed E-state index contributed by atoms with van der Waals surface area (Å²) in [7, 11) is -3.69. The van der Waals surface area contributed by atoms with Gasteiger partial charge in [-0.25, -0.2) is 8.42 Å². The van der Waals surface area contributed by atoms with E-state index in [0.717, 1.165) is 0 Å². The smallest absolute Gasteiger partial charge is 0.241 e. The Balaban J connectivity index is 2.36. The predicted octanol–water partition coefficient (Wildman–Crippen LogP) is 1.87. The zero-order chi connectivity index (χ0) is 14.6. The highest BCUT2D eigenvalue weighted by Gasteiger charge is 2.31. The largest absolute Gasteiger partial charge is 0.394 e. The van der Waals surface area contributed by atoms with Gasteiger partial charge in [-0.1, -0.05) is 48.5 Å². The Hall–Kier alpha value is -1.69. The molecular formula is C15H17NO3S. The van der Waals surface area contributed by atoms with Crippen LogP contribution in [0.5, 0.6) is 0 Å². The predicted molar refractivity (Wildman–Crippen MR) is 77.6 cm³/mol. The Labute approximate surface area is 119 Å². The van der Waals surface area contributed by atoms with Crippen molar-refractivity contribution in [2.45, 2.75) is 17.4 Å². The molecule has 1 atom stereocenters. The lowest BCUT2D eigenvalue weighted by atomic mass is 9.94. The minimum Gasteiger partial charge on any atom is -0.394 e. The molecule has 4 nitrogen and oxygen atoms in total. The van der Waals surface area contributed by atoms with Gasteiger partial charge in [0.25, 0.3) is 0 Å². The maximum atomic E-state index is 12.4. The lowest BCUT2D eigenvalue weighted by Gasteiger charge is -2.29. The van der Waals surface area contributed by atoms with Gasteiger partial charge in [0.1, 0.15) is 0 Å². The molecule has 0 aliphatic heterocycles. The number of hydrogen-bond donors (Lipinski definition) is 2. The third-order valence-electron chi connectivity index (χ3n) is 3.14. The first-order valence-electron chi connectivity index (χ1n) is 6.23. The molecule has 2 rings (SSSR count). The topological polar surface area (TPSA) is 66.4 Å². The van der Waals surface area contributed by atoms with Gasteiger partial charge in [0.2, 0.25) is 10.0 Å². The van der Waals surface area contributed by atoms with E-state index >= 15 is 0 Å². The van der Waals surface area contributed by atoms with E-state index in [1.54, 1.807) is 49.4 Å². The van der Waals surface area contributed by atoms with Crippen molar-refractivity contribution >= 4 is 10.0 Å². The normalized spacial score (nSPS) is 14.7. The van der Waals surface area contributed by atoms with Crippen LogP contribution in [0.1, 0.15) is 12.5 Å². The van der Waals surface area contributed by atoms with Crippen LogP contribution in [-0.4, -0.2) is 20.1 Å². The Morgan fingerprint density at radius 3 is 2.00 bits per heavy atom. The summed E-state index contributed by atoms with van der Waals surface area (Å²) in [6.07, 6.45) is 0. The van der Waals surface area contributed by atoms with Crippen LogP contribution in [-0.2, 0) is 15.6 Å². The molecular weight excluding hydrogens is 274 g/mol. The van der Waals surface area contributed by atoms with Crippen LogP contribution in [0.15, 0.2) is 65.6 Å². The molecule has 2 aromatic rings. The van der Waals surface area contributed by atoms with E-state index in [2.05, 4.69) is 4.72 Å². The Kier molecular flexibility index (Phi) is 4.23. The zero-order valence-electron chi connectivity index (χ0n) is 11.2. The van der Waals surface area contributed by atoms with Crippen LogP contribution >= 0.6 is 0 Å². The molecule has 0 aliphatic rings. The molecule has 2 N–H and O–H groups in total. The number of sulfonamides is 1. The van der Waals surface area contributed by atoms with Crippen LogP contribution < -0.4 is 4.72 Å². The molecule has 106 valence electrons. The zero-order valence-corrected chi connectivity index (χ0v) is 12.0. The molecule has 0 radical (unpaired) electrons. The van der Waals surface area contributed by atoms with Crippen LogP contribution in [0.3, 0.4) is 0 Å². The average molecular weight is 291 g/mol. The summed E-state index contributed by atoms with van der Waals surface area (Å²) in [6, 6.07) is 17.1. The van der Waals surface area contributed by atoms with Crippen molar-refractivity contribution in [3.05, 3.63) is 66.2 Å². The fourth-order valence-corrected chi connectivity index (χ4v) is 3.35. The van der Waals surface area contributed by atoms with Gasteiger partial charge in [-0.05, 0) is 24.6 Å². The van der Waals surface area contributed by atoms with Crippen LogP contribution in [0.25, 0.3) is 0 Å². The van der Waals surface area contributed by atoms with Crippen LogP contribution in [0, 0.1) is 0 Å². The summed E-state index contributed by atoms with van der Waals surface area (Å²) < 4.78 is 27.3. The molecule has 0 unspecified atom stereocenters. The van der Waals surface area contributed by atoms with E-state index in [0.29, 0.717) is 5.56 Å². The quantitative estimate of drug-likeness (QED) is 0.884. The summed E-state index contributed by atoms with van der Waals surface area (Å²) in [5, 5.41) is 9.62. The number of nitrogens with one attached hydrogen (secondary N) is 1. The van der Waals surface area contributed by atoms with Crippen molar-refractivity contribution in [2.24, 2.45) is 0 Å². The third-order valence-corrected chi connectivity index (χ3v) is 4.75. The monoisotopic (exact) mass is 291 g/mol. The molecule has 0 aliphatic carbocycles. The summed E-state index contributed by atoms with van der Waals surface area (Å²) in [5.74, 6) is 0. The Morgan fingerprint density at radius 2 is 1.50 bits per heavy atom. The molecule has 0 saturated heterocycles. The number of aliphatic hydroxyl groups excluding tert-OH is 1. The van der Waals surface area contributed by atoms with Crippen LogP contribution in [0.4, 0.5) is 0 Å². The lowest BCUT2D eigenvalue weighted by Crippen LogP contribution is -2.46. The summed E-state index contributed by atoms with van der Waals surface area (Å²) in [4.78, 5) is 0.176. The molecule has 0 spiro atoms. The molecule has 0 heterocycles. The van der Waals surface area contributed by atoms with Crippen LogP contribution in [0.2, 0.25) is 0 Å². The average Bonchev–Trinajstić information content (AvgIpc) is 2.48. The molecule has 0 bridgehead atoms. The van der Waals surface area contributed by atoms with E-state index in [-0.39, 0.29) is 11.5 Å². The highest BCUT2D eigenvalue weighted by atomic mass is 32.2. The van der Waals surface area contributed by atoms with Crippen molar-refractivity contribution in [2.75, 3.05) is 6.61 Å². The summed E-state index contributed by atoms with van der Waals surface area (Å²) >= 11 is 0. The number of aliphatic hydroxyl groups is 1. The van der Waals surface area contributed by atoms with Crippen molar-refractivity contribution in [3.63, 3.8) is 0 Å². The van der Waals surface area contributed by atoms with E-state index in [4.69, 9.17) is 0 Å². The van der Waals surface area contributed by atoms with Gasteiger partial charge in [-0.2, -0.15) is 4.72 Å². The van der Waals surface area contributed by atoms with Gasteiger partial charge in [0, 0.05) is 0 Å². The van der Waals surface area contributed by atoms with E-state index in [1.165, 1.54) is 12.1 Å². The minimum absolute atomic E-state index is 0.176. The second kappa shape index (κ2) is 5.75. The van der Waals surface area contributed by atoms with Gasteiger partial charge < -0.3 is 5.11 Å². The molecule has 20 heavy (non-hydrogen) atoms. The van der Waals surface area contributed by atoms with E-state index in [1.807, 2.05) is 6.07 Å². The molecule has 0 amide bonds. The summed E-state index contributed by atoms with van der Waals surface area (Å²) in [6.45, 7) is 1.33. The summed E-state index contributed by atoms with van der Waals surface area (Å²) in [5.41, 5.74) is -0.349. The van der Waals surface area contributed by atoms with Gasteiger partial charge >= 0.3 is 0 Å². The van der Waals surface area contributed by atoms with Gasteiger partial charge in [-0.15, -0.1) is 0 Å². The minimum atomic E-state index is -3.69. The fourth-order valence-electron chi connectivity index (χ4n) is 1.94. The first-order valence-corrected chi connectivity index (χ1v) is 7.72. The molecule has 0 saturated carbocycles. The fraction of sp³-hybridized carbons (Fsp3) is 0.200. The maximum absolute atomic E-state index is 12.4. The number of rotatable bonds is 5. The molecule has 0 fully saturated rings. The van der Waals surface area contributed by atoms with Gasteiger partial charge in [0.05, 0.1) is 17.0 Å². The molecule has 5 heteroatoms. The second-order valence-electron chi connectivity index (χ2n) is 4.77. The van der Waals surface area contributed by atoms with Gasteiger partial charge in [-0.3, -0.25) is 0 Å². The first-order chi connectivity index (χ1) is 9.48. The third kappa shape index (κ3) is 3.07. The van der Waals surface area contributed by atoms with E-state index in [9.17, 15) is 13.5 Å². The maximum Gasteiger partial charge on any atom is 0.241 e. The standard InChI is InChI=1S/C15H17NO3S/c1-15(12-17,13-8-4-2-5-9-13)16-20(18,19)14-10-6-3-7-11-14/h2-11,16-17H,12H2,1H3/t15-/m1/s1. The van der Waals surface area contributed by atoms with Crippen molar-refractivity contribution in [1.82, 2.24) is 4.72 Å². The lowest BCUT2D eigenvalue weighted by molar-refractivity contribution is 0.196. The van der Waals surface area contributed by atoms with Gasteiger partial charge in [0.15, 0.2) is 0 Å². The number of benzene rings is 2. The SMILES string of the molecule is C[C@](CO)(NS(=O)(=O)c1ccccc1)c1ccccc1.